The van der Waals surface area contributed by atoms with E-state index in [1.54, 1.807) is 31.2 Å². The van der Waals surface area contributed by atoms with Crippen molar-refractivity contribution in [3.8, 4) is 0 Å². The van der Waals surface area contributed by atoms with Crippen LogP contribution in [0.3, 0.4) is 0 Å². The van der Waals surface area contributed by atoms with Gasteiger partial charge in [0, 0.05) is 36.1 Å². The van der Waals surface area contributed by atoms with Crippen LogP contribution in [0, 0.1) is 10.1 Å². The molecule has 2 aromatic rings. The second-order valence-corrected chi connectivity index (χ2v) is 5.29. The van der Waals surface area contributed by atoms with E-state index in [0.29, 0.717) is 12.3 Å². The third-order valence-electron chi connectivity index (χ3n) is 3.47. The van der Waals surface area contributed by atoms with Crippen LogP contribution in [0.4, 0.5) is 11.4 Å². The molecule has 136 valence electrons. The minimum atomic E-state index is -0.731. The minimum absolute atomic E-state index is 0.0190. The maximum absolute atomic E-state index is 12.6. The number of nitrogens with zero attached hydrogens (tertiary/aromatic N) is 1. The first kappa shape index (κ1) is 19.1. The van der Waals surface area contributed by atoms with Crippen LogP contribution >= 0.6 is 0 Å². The SMILES string of the molecule is CCOC(=O)c1cc(C(=O)Nc2ccccc2COC)cc([N+](=O)[O-])c1. The molecular formula is C18H18N2O6. The van der Waals surface area contributed by atoms with E-state index in [1.807, 2.05) is 0 Å². The molecule has 0 aromatic heterocycles. The molecule has 0 saturated carbocycles. The monoisotopic (exact) mass is 358 g/mol. The number of benzene rings is 2. The van der Waals surface area contributed by atoms with Gasteiger partial charge in [-0.2, -0.15) is 0 Å². The number of non-ortho nitro benzene ring substituents is 1. The van der Waals surface area contributed by atoms with Crippen molar-refractivity contribution < 1.29 is 24.0 Å². The van der Waals surface area contributed by atoms with Crippen molar-refractivity contribution in [2.24, 2.45) is 0 Å². The molecule has 2 rings (SSSR count). The molecule has 0 bridgehead atoms. The van der Waals surface area contributed by atoms with Crippen LogP contribution in [0.15, 0.2) is 42.5 Å². The minimum Gasteiger partial charge on any atom is -0.462 e. The van der Waals surface area contributed by atoms with E-state index in [0.717, 1.165) is 17.7 Å². The number of hydrogen-bond acceptors (Lipinski definition) is 6. The van der Waals surface area contributed by atoms with Gasteiger partial charge in [0.1, 0.15) is 0 Å². The first-order valence-corrected chi connectivity index (χ1v) is 7.81. The average Bonchev–Trinajstić information content (AvgIpc) is 2.63. The van der Waals surface area contributed by atoms with E-state index in [1.165, 1.54) is 13.2 Å². The number of hydrogen-bond donors (Lipinski definition) is 1. The lowest BCUT2D eigenvalue weighted by Crippen LogP contribution is -2.15. The summed E-state index contributed by atoms with van der Waals surface area (Å²) in [5.41, 5.74) is 0.819. The number of ether oxygens (including phenoxy) is 2. The quantitative estimate of drug-likeness (QED) is 0.463. The zero-order chi connectivity index (χ0) is 19.1. The third-order valence-corrected chi connectivity index (χ3v) is 3.47. The van der Waals surface area contributed by atoms with E-state index in [2.05, 4.69) is 5.32 Å². The summed E-state index contributed by atoms with van der Waals surface area (Å²) in [5.74, 6) is -1.31. The Kier molecular flexibility index (Phi) is 6.40. The van der Waals surface area contributed by atoms with Crippen molar-refractivity contribution >= 4 is 23.3 Å². The first-order chi connectivity index (χ1) is 12.5. The first-order valence-electron chi connectivity index (χ1n) is 7.81. The van der Waals surface area contributed by atoms with Gasteiger partial charge < -0.3 is 14.8 Å². The summed E-state index contributed by atoms with van der Waals surface area (Å²) in [6.45, 7) is 2.03. The highest BCUT2D eigenvalue weighted by Crippen LogP contribution is 2.21. The number of methoxy groups -OCH3 is 1. The lowest BCUT2D eigenvalue weighted by atomic mass is 10.1. The molecule has 2 aromatic carbocycles. The smallest absolute Gasteiger partial charge is 0.338 e. The number of para-hydroxylation sites is 1. The molecule has 26 heavy (non-hydrogen) atoms. The topological polar surface area (TPSA) is 108 Å². The molecule has 1 N–H and O–H groups in total. The van der Waals surface area contributed by atoms with Crippen molar-refractivity contribution in [2.75, 3.05) is 19.0 Å². The summed E-state index contributed by atoms with van der Waals surface area (Å²) in [7, 11) is 1.53. The predicted octanol–water partition coefficient (Wildman–Crippen LogP) is 3.17. The number of esters is 1. The molecule has 0 unspecified atom stereocenters. The lowest BCUT2D eigenvalue weighted by Gasteiger charge is -2.11. The van der Waals surface area contributed by atoms with Gasteiger partial charge in [-0.25, -0.2) is 4.79 Å². The number of nitro benzene ring substituents is 1. The molecule has 0 fully saturated rings. The highest BCUT2D eigenvalue weighted by Gasteiger charge is 2.19. The van der Waals surface area contributed by atoms with Gasteiger partial charge in [0.2, 0.25) is 0 Å². The number of carbonyl (C=O) groups is 2. The van der Waals surface area contributed by atoms with Gasteiger partial charge in [-0.1, -0.05) is 18.2 Å². The van der Waals surface area contributed by atoms with Gasteiger partial charge in [-0.05, 0) is 19.1 Å². The Bertz CT molecular complexity index is 834. The largest absolute Gasteiger partial charge is 0.462 e. The number of amides is 1. The molecule has 0 atom stereocenters. The van der Waals surface area contributed by atoms with Crippen LogP contribution in [-0.2, 0) is 16.1 Å². The maximum atomic E-state index is 12.6. The van der Waals surface area contributed by atoms with Crippen LogP contribution in [0.2, 0.25) is 0 Å². The van der Waals surface area contributed by atoms with E-state index in [-0.39, 0.29) is 23.4 Å². The number of rotatable bonds is 7. The Morgan fingerprint density at radius 3 is 2.50 bits per heavy atom. The van der Waals surface area contributed by atoms with Crippen molar-refractivity contribution in [3.05, 3.63) is 69.3 Å². The lowest BCUT2D eigenvalue weighted by molar-refractivity contribution is -0.384. The molecular weight excluding hydrogens is 340 g/mol. The molecule has 0 radical (unpaired) electrons. The van der Waals surface area contributed by atoms with Gasteiger partial charge in [0.05, 0.1) is 23.7 Å². The van der Waals surface area contributed by atoms with Crippen molar-refractivity contribution in [2.45, 2.75) is 13.5 Å². The Morgan fingerprint density at radius 1 is 1.15 bits per heavy atom. The fourth-order valence-corrected chi connectivity index (χ4v) is 2.30. The summed E-state index contributed by atoms with van der Waals surface area (Å²) < 4.78 is 9.94. The molecule has 0 aliphatic carbocycles. The van der Waals surface area contributed by atoms with Crippen LogP contribution in [0.25, 0.3) is 0 Å². The molecule has 0 saturated heterocycles. The summed E-state index contributed by atoms with van der Waals surface area (Å²) >= 11 is 0. The van der Waals surface area contributed by atoms with E-state index < -0.39 is 16.8 Å². The molecule has 8 heteroatoms. The Labute approximate surface area is 149 Å². The number of nitrogens with one attached hydrogen (secondary N) is 1. The van der Waals surface area contributed by atoms with E-state index >= 15 is 0 Å². The summed E-state index contributed by atoms with van der Waals surface area (Å²) in [4.78, 5) is 34.9. The van der Waals surface area contributed by atoms with E-state index in [9.17, 15) is 19.7 Å². The second-order valence-electron chi connectivity index (χ2n) is 5.29. The van der Waals surface area contributed by atoms with E-state index in [4.69, 9.17) is 9.47 Å². The third kappa shape index (κ3) is 4.64. The van der Waals surface area contributed by atoms with Gasteiger partial charge in [-0.15, -0.1) is 0 Å². The summed E-state index contributed by atoms with van der Waals surface area (Å²) in [6.07, 6.45) is 0. The van der Waals surface area contributed by atoms with Crippen molar-refractivity contribution in [1.29, 1.82) is 0 Å². The van der Waals surface area contributed by atoms with Gasteiger partial charge in [-0.3, -0.25) is 14.9 Å². The number of nitro groups is 1. The summed E-state index contributed by atoms with van der Waals surface area (Å²) in [6, 6.07) is 10.5. The molecule has 0 heterocycles. The standard InChI is InChI=1S/C18H18N2O6/c1-3-26-18(22)14-8-13(9-15(10-14)20(23)24)17(21)19-16-7-5-4-6-12(16)11-25-2/h4-10H,3,11H2,1-2H3,(H,19,21). The van der Waals surface area contributed by atoms with Crippen LogP contribution in [0.1, 0.15) is 33.2 Å². The highest BCUT2D eigenvalue weighted by molar-refractivity contribution is 6.06. The molecule has 0 aliphatic rings. The molecule has 8 nitrogen and oxygen atoms in total. The Morgan fingerprint density at radius 2 is 1.85 bits per heavy atom. The maximum Gasteiger partial charge on any atom is 0.338 e. The van der Waals surface area contributed by atoms with Crippen LogP contribution < -0.4 is 5.32 Å². The van der Waals surface area contributed by atoms with Crippen LogP contribution in [0.5, 0.6) is 0 Å². The average molecular weight is 358 g/mol. The van der Waals surface area contributed by atoms with Crippen molar-refractivity contribution in [3.63, 3.8) is 0 Å². The summed E-state index contributed by atoms with van der Waals surface area (Å²) in [5, 5.41) is 13.8. The molecule has 1 amide bonds. The van der Waals surface area contributed by atoms with Gasteiger partial charge in [0.25, 0.3) is 11.6 Å². The molecule has 0 aliphatic heterocycles. The number of carbonyl (C=O) groups excluding carboxylic acids is 2. The van der Waals surface area contributed by atoms with Crippen molar-refractivity contribution in [1.82, 2.24) is 0 Å². The zero-order valence-electron chi connectivity index (χ0n) is 14.4. The second kappa shape index (κ2) is 8.72. The molecule has 0 spiro atoms. The predicted molar refractivity (Wildman–Crippen MR) is 94.2 cm³/mol. The highest BCUT2D eigenvalue weighted by atomic mass is 16.6. The Balaban J connectivity index is 2.36. The Hall–Kier alpha value is -3.26. The fraction of sp³-hybridized carbons (Fsp3) is 0.222. The van der Waals surface area contributed by atoms with Gasteiger partial charge >= 0.3 is 5.97 Å². The zero-order valence-corrected chi connectivity index (χ0v) is 14.4. The van der Waals surface area contributed by atoms with Crippen LogP contribution in [-0.4, -0.2) is 30.5 Å². The number of anilines is 1. The fourth-order valence-electron chi connectivity index (χ4n) is 2.30. The van der Waals surface area contributed by atoms with Gasteiger partial charge in [0.15, 0.2) is 0 Å². The normalized spacial score (nSPS) is 10.2.